The van der Waals surface area contributed by atoms with Crippen LogP contribution >= 0.6 is 0 Å². The van der Waals surface area contributed by atoms with Gasteiger partial charge >= 0.3 is 0 Å². The number of hydrogen-bond acceptors (Lipinski definition) is 3. The number of aliphatic hydroxyl groups excluding tert-OH is 1. The van der Waals surface area contributed by atoms with E-state index in [4.69, 9.17) is 4.42 Å². The molecule has 1 N–H and O–H groups in total. The van der Waals surface area contributed by atoms with Crippen LogP contribution in [-0.2, 0) is 0 Å². The predicted octanol–water partition coefficient (Wildman–Crippen LogP) is 3.26. The Morgan fingerprint density at radius 3 is 2.89 bits per heavy atom. The molecule has 0 amide bonds. The van der Waals surface area contributed by atoms with E-state index in [1.807, 2.05) is 6.92 Å². The molecule has 1 fully saturated rings. The zero-order chi connectivity index (χ0) is 13.1. The number of carbonyl (C=O) groups is 1. The van der Waals surface area contributed by atoms with Crippen LogP contribution in [-0.4, -0.2) is 10.9 Å². The van der Waals surface area contributed by atoms with Crippen LogP contribution in [0.4, 0.5) is 0 Å². The minimum atomic E-state index is -0.579. The van der Waals surface area contributed by atoms with Crippen molar-refractivity contribution in [2.24, 2.45) is 17.3 Å². The van der Waals surface area contributed by atoms with E-state index in [9.17, 15) is 9.90 Å². The number of hydrogen-bond donors (Lipinski definition) is 1. The average Bonchev–Trinajstić information content (AvgIpc) is 2.72. The van der Waals surface area contributed by atoms with Gasteiger partial charge in [0, 0.05) is 16.9 Å². The molecule has 1 aromatic heterocycles. The molecule has 3 nitrogen and oxygen atoms in total. The van der Waals surface area contributed by atoms with Gasteiger partial charge in [-0.3, -0.25) is 4.79 Å². The molecule has 3 rings (SSSR count). The minimum absolute atomic E-state index is 0.0886. The normalized spacial score (nSPS) is 39.3. The van der Waals surface area contributed by atoms with Crippen molar-refractivity contribution < 1.29 is 14.3 Å². The molecule has 2 aliphatic carbocycles. The van der Waals surface area contributed by atoms with Gasteiger partial charge in [-0.1, -0.05) is 26.7 Å². The fourth-order valence-electron chi connectivity index (χ4n) is 3.92. The van der Waals surface area contributed by atoms with Crippen LogP contribution in [0, 0.1) is 24.2 Å². The molecule has 0 spiro atoms. The van der Waals surface area contributed by atoms with Crippen LogP contribution in [0.2, 0.25) is 0 Å². The number of aryl methyl sites for hydroxylation is 1. The van der Waals surface area contributed by atoms with Crippen LogP contribution in [0.3, 0.4) is 0 Å². The molecule has 0 bridgehead atoms. The lowest BCUT2D eigenvalue weighted by molar-refractivity contribution is -0.0694. The molecular weight excluding hydrogens is 228 g/mol. The summed E-state index contributed by atoms with van der Waals surface area (Å²) in [5.74, 6) is 0.765. The van der Waals surface area contributed by atoms with Crippen LogP contribution in [0.5, 0.6) is 0 Å². The van der Waals surface area contributed by atoms with Gasteiger partial charge in [-0.2, -0.15) is 0 Å². The Morgan fingerprint density at radius 2 is 2.17 bits per heavy atom. The number of aliphatic hydroxyl groups is 1. The van der Waals surface area contributed by atoms with Gasteiger partial charge in [0.15, 0.2) is 5.76 Å². The van der Waals surface area contributed by atoms with Crippen LogP contribution < -0.4 is 0 Å². The zero-order valence-corrected chi connectivity index (χ0v) is 11.2. The third-order valence-electron chi connectivity index (χ3n) is 5.37. The number of Topliss-reactive ketones (excluding diaryl/α,β-unsaturated/α-hetero) is 1. The quantitative estimate of drug-likeness (QED) is 0.766. The van der Waals surface area contributed by atoms with Gasteiger partial charge in [-0.05, 0) is 24.8 Å². The number of rotatable bonds is 0. The first-order valence-corrected chi connectivity index (χ1v) is 6.78. The summed E-state index contributed by atoms with van der Waals surface area (Å²) in [4.78, 5) is 12.6. The van der Waals surface area contributed by atoms with E-state index in [-0.39, 0.29) is 17.1 Å². The Hall–Kier alpha value is -1.09. The van der Waals surface area contributed by atoms with Gasteiger partial charge in [-0.25, -0.2) is 0 Å². The third-order valence-corrected chi connectivity index (χ3v) is 5.37. The van der Waals surface area contributed by atoms with Gasteiger partial charge in [0.05, 0.1) is 12.4 Å². The van der Waals surface area contributed by atoms with E-state index in [2.05, 4.69) is 13.8 Å². The number of carbonyl (C=O) groups excluding carboxylic acids is 1. The molecule has 0 radical (unpaired) electrons. The van der Waals surface area contributed by atoms with Crippen molar-refractivity contribution in [1.29, 1.82) is 0 Å². The van der Waals surface area contributed by atoms with Gasteiger partial charge in [0.1, 0.15) is 0 Å². The molecule has 18 heavy (non-hydrogen) atoms. The molecule has 2 aliphatic rings. The van der Waals surface area contributed by atoms with Crippen LogP contribution in [0.1, 0.15) is 60.9 Å². The van der Waals surface area contributed by atoms with Crippen molar-refractivity contribution >= 4 is 5.78 Å². The summed E-state index contributed by atoms with van der Waals surface area (Å²) in [5.41, 5.74) is 1.28. The SMILES string of the molecule is Cc1coc2c1C(O)C1(C)C(C)CCCC1C2=O. The average molecular weight is 248 g/mol. The first-order valence-electron chi connectivity index (χ1n) is 6.78. The van der Waals surface area contributed by atoms with E-state index in [1.54, 1.807) is 6.26 Å². The minimum Gasteiger partial charge on any atom is -0.461 e. The van der Waals surface area contributed by atoms with E-state index in [0.29, 0.717) is 11.7 Å². The summed E-state index contributed by atoms with van der Waals surface area (Å²) >= 11 is 0. The Bertz CT molecular complexity index is 502. The third kappa shape index (κ3) is 1.26. The summed E-state index contributed by atoms with van der Waals surface area (Å²) in [6, 6.07) is 0. The van der Waals surface area contributed by atoms with E-state index in [1.165, 1.54) is 0 Å². The van der Waals surface area contributed by atoms with Gasteiger partial charge in [-0.15, -0.1) is 0 Å². The summed E-state index contributed by atoms with van der Waals surface area (Å²) in [5, 5.41) is 10.8. The van der Waals surface area contributed by atoms with Crippen molar-refractivity contribution in [3.8, 4) is 0 Å². The highest BCUT2D eigenvalue weighted by molar-refractivity contribution is 5.99. The largest absolute Gasteiger partial charge is 0.461 e. The van der Waals surface area contributed by atoms with Crippen molar-refractivity contribution in [2.75, 3.05) is 0 Å². The fourth-order valence-corrected chi connectivity index (χ4v) is 3.92. The van der Waals surface area contributed by atoms with Crippen molar-refractivity contribution in [3.63, 3.8) is 0 Å². The van der Waals surface area contributed by atoms with Gasteiger partial charge in [0.2, 0.25) is 5.78 Å². The maximum Gasteiger partial charge on any atom is 0.202 e. The molecule has 4 unspecified atom stereocenters. The molecule has 1 heterocycles. The second kappa shape index (κ2) is 3.70. The molecule has 1 aromatic rings. The van der Waals surface area contributed by atoms with Gasteiger partial charge in [0.25, 0.3) is 0 Å². The summed E-state index contributed by atoms with van der Waals surface area (Å²) in [7, 11) is 0. The van der Waals surface area contributed by atoms with Crippen molar-refractivity contribution in [1.82, 2.24) is 0 Å². The predicted molar refractivity (Wildman–Crippen MR) is 67.3 cm³/mol. The number of ketones is 1. The first kappa shape index (κ1) is 12.0. The molecule has 3 heteroatoms. The number of fused-ring (bicyclic) bond motifs is 2. The maximum atomic E-state index is 12.6. The molecule has 1 saturated carbocycles. The zero-order valence-electron chi connectivity index (χ0n) is 11.2. The Morgan fingerprint density at radius 1 is 1.44 bits per heavy atom. The highest BCUT2D eigenvalue weighted by atomic mass is 16.3. The lowest BCUT2D eigenvalue weighted by Gasteiger charge is -2.50. The second-order valence-electron chi connectivity index (χ2n) is 6.18. The molecule has 0 saturated heterocycles. The van der Waals surface area contributed by atoms with E-state index in [0.717, 1.165) is 30.4 Å². The lowest BCUT2D eigenvalue weighted by atomic mass is 9.54. The molecule has 0 aromatic carbocycles. The molecule has 0 aliphatic heterocycles. The second-order valence-corrected chi connectivity index (χ2v) is 6.18. The summed E-state index contributed by atoms with van der Waals surface area (Å²) in [6.07, 6.45) is 4.04. The molecule has 98 valence electrons. The molecular formula is C15H20O3. The van der Waals surface area contributed by atoms with Gasteiger partial charge < -0.3 is 9.52 Å². The smallest absolute Gasteiger partial charge is 0.202 e. The monoisotopic (exact) mass is 248 g/mol. The Labute approximate surface area is 107 Å². The number of furan rings is 1. The van der Waals surface area contributed by atoms with Crippen molar-refractivity contribution in [3.05, 3.63) is 23.2 Å². The standard InChI is InChI=1S/C15H20O3/c1-8-7-18-13-11(8)14(17)15(3)9(2)5-4-6-10(15)12(13)16/h7,9-10,14,17H,4-6H2,1-3H3. The van der Waals surface area contributed by atoms with E-state index >= 15 is 0 Å². The van der Waals surface area contributed by atoms with Crippen molar-refractivity contribution in [2.45, 2.75) is 46.1 Å². The van der Waals surface area contributed by atoms with Crippen LogP contribution in [0.25, 0.3) is 0 Å². The summed E-state index contributed by atoms with van der Waals surface area (Å²) in [6.45, 7) is 6.12. The Balaban J connectivity index is 2.20. The maximum absolute atomic E-state index is 12.6. The lowest BCUT2D eigenvalue weighted by Crippen LogP contribution is -2.49. The Kier molecular flexibility index (Phi) is 2.46. The molecule has 4 atom stereocenters. The highest BCUT2D eigenvalue weighted by Gasteiger charge is 2.56. The topological polar surface area (TPSA) is 50.4 Å². The van der Waals surface area contributed by atoms with E-state index < -0.39 is 6.10 Å². The van der Waals surface area contributed by atoms with Crippen LogP contribution in [0.15, 0.2) is 10.7 Å². The highest BCUT2D eigenvalue weighted by Crippen LogP contribution is 2.57. The summed E-state index contributed by atoms with van der Waals surface area (Å²) < 4.78 is 5.39. The first-order chi connectivity index (χ1) is 8.48. The fraction of sp³-hybridized carbons (Fsp3) is 0.667.